The SMILES string of the molecule is CN(C[C@@H]1C[C@H](c2ccc(CO)cc2)O[C@H](c2ccc(-c3ccccc3CN3C(=O)CC(NC(=O)OCc4ccccc4)C3=O)cc2)O1)C[C@@H](O)c1cccc(O)c1. The number of ether oxygens (including phenoxy) is 3. The number of carbonyl (C=O) groups excluding carboxylic acids is 3. The van der Waals surface area contributed by atoms with Gasteiger partial charge in [-0.25, -0.2) is 4.79 Å². The molecule has 5 atom stereocenters. The number of amides is 3. The van der Waals surface area contributed by atoms with Crippen LogP contribution < -0.4 is 5.32 Å². The molecule has 12 nitrogen and oxygen atoms in total. The zero-order valence-electron chi connectivity index (χ0n) is 32.1. The van der Waals surface area contributed by atoms with Gasteiger partial charge in [0.25, 0.3) is 5.91 Å². The number of nitrogens with zero attached hydrogens (tertiary/aromatic N) is 2. The Bertz CT molecular complexity index is 2180. The summed E-state index contributed by atoms with van der Waals surface area (Å²) in [5, 5.41) is 32.9. The average Bonchev–Trinajstić information content (AvgIpc) is 3.50. The van der Waals surface area contributed by atoms with Crippen molar-refractivity contribution in [3.63, 3.8) is 0 Å². The van der Waals surface area contributed by atoms with Crippen LogP contribution in [0.4, 0.5) is 4.79 Å². The fourth-order valence-electron chi connectivity index (χ4n) is 7.39. The van der Waals surface area contributed by atoms with Gasteiger partial charge in [-0.2, -0.15) is 0 Å². The van der Waals surface area contributed by atoms with E-state index < -0.39 is 30.4 Å². The zero-order chi connectivity index (χ0) is 40.6. The molecule has 4 N–H and O–H groups in total. The molecule has 0 spiro atoms. The Hall–Kier alpha value is -5.89. The molecule has 3 amide bonds. The highest BCUT2D eigenvalue weighted by atomic mass is 16.7. The molecule has 2 aliphatic heterocycles. The van der Waals surface area contributed by atoms with Crippen molar-refractivity contribution in [2.45, 2.75) is 63.2 Å². The van der Waals surface area contributed by atoms with Gasteiger partial charge in [-0.3, -0.25) is 14.5 Å². The molecule has 5 aromatic rings. The Morgan fingerprint density at radius 2 is 1.60 bits per heavy atom. The van der Waals surface area contributed by atoms with Crippen LogP contribution in [0, 0.1) is 0 Å². The fourth-order valence-corrected chi connectivity index (χ4v) is 7.39. The molecule has 5 aromatic carbocycles. The van der Waals surface area contributed by atoms with E-state index in [2.05, 4.69) is 5.32 Å². The van der Waals surface area contributed by atoms with Crippen molar-refractivity contribution in [3.05, 3.63) is 161 Å². The van der Waals surface area contributed by atoms with Crippen molar-refractivity contribution in [1.29, 1.82) is 0 Å². The van der Waals surface area contributed by atoms with E-state index in [1.165, 1.54) is 4.90 Å². The van der Waals surface area contributed by atoms with Crippen LogP contribution in [0.25, 0.3) is 11.1 Å². The van der Waals surface area contributed by atoms with Crippen LogP contribution in [-0.2, 0) is 43.6 Å². The lowest BCUT2D eigenvalue weighted by molar-refractivity contribution is -0.252. The molecule has 0 saturated carbocycles. The molecule has 2 aliphatic rings. The Labute approximate surface area is 337 Å². The van der Waals surface area contributed by atoms with Gasteiger partial charge in [0, 0.05) is 25.1 Å². The summed E-state index contributed by atoms with van der Waals surface area (Å²) in [6, 6.07) is 37.8. The van der Waals surface area contributed by atoms with Crippen LogP contribution >= 0.6 is 0 Å². The molecular weight excluding hydrogens is 739 g/mol. The topological polar surface area (TPSA) is 158 Å². The summed E-state index contributed by atoms with van der Waals surface area (Å²) < 4.78 is 18.4. The number of likely N-dealkylation sites (tertiary alicyclic amines) is 1. The second-order valence-corrected chi connectivity index (χ2v) is 14.7. The molecule has 2 fully saturated rings. The molecule has 2 saturated heterocycles. The lowest BCUT2D eigenvalue weighted by Crippen LogP contribution is -2.41. The van der Waals surface area contributed by atoms with Crippen molar-refractivity contribution in [3.8, 4) is 16.9 Å². The Morgan fingerprint density at radius 3 is 2.34 bits per heavy atom. The van der Waals surface area contributed by atoms with Crippen molar-refractivity contribution < 1.29 is 43.9 Å². The van der Waals surface area contributed by atoms with Crippen molar-refractivity contribution in [1.82, 2.24) is 15.1 Å². The number of aliphatic hydroxyl groups is 2. The maximum absolute atomic E-state index is 13.4. The molecule has 0 aromatic heterocycles. The highest BCUT2D eigenvalue weighted by Crippen LogP contribution is 2.39. The Balaban J connectivity index is 1.03. The van der Waals surface area contributed by atoms with Gasteiger partial charge in [-0.15, -0.1) is 0 Å². The standard InChI is InChI=1S/C46H47N3O9/c1-48(27-41(52)35-11-7-12-37(51)22-35)26-38-23-42(33-16-14-30(28-50)15-17-33)58-45(57-38)34-20-18-32(19-21-34)39-13-6-5-10-36(39)25-49-43(53)24-40(44(49)54)47-46(55)56-29-31-8-3-2-4-9-31/h2-22,38,40-42,45,50-52H,23-29H2,1H3,(H,47,55)/t38-,40?,41+,42+,45+/m0/s1. The molecule has 1 unspecified atom stereocenters. The number of phenols is 1. The van der Waals surface area contributed by atoms with Gasteiger partial charge >= 0.3 is 6.09 Å². The molecule has 300 valence electrons. The van der Waals surface area contributed by atoms with Crippen molar-refractivity contribution >= 4 is 17.9 Å². The number of alkyl carbamates (subject to hydrolysis) is 1. The summed E-state index contributed by atoms with van der Waals surface area (Å²) in [7, 11) is 1.91. The van der Waals surface area contributed by atoms with Crippen molar-refractivity contribution in [2.24, 2.45) is 0 Å². The van der Waals surface area contributed by atoms with Gasteiger partial charge in [0.1, 0.15) is 18.4 Å². The van der Waals surface area contributed by atoms with Gasteiger partial charge in [-0.05, 0) is 58.1 Å². The second-order valence-electron chi connectivity index (χ2n) is 14.7. The van der Waals surface area contributed by atoms with Crippen LogP contribution in [0.15, 0.2) is 127 Å². The first-order valence-electron chi connectivity index (χ1n) is 19.3. The number of benzene rings is 5. The number of carbonyl (C=O) groups is 3. The third kappa shape index (κ3) is 9.97. The van der Waals surface area contributed by atoms with E-state index in [0.717, 1.165) is 38.9 Å². The van der Waals surface area contributed by atoms with Gasteiger partial charge < -0.3 is 39.7 Å². The molecule has 0 radical (unpaired) electrons. The van der Waals surface area contributed by atoms with Crippen LogP contribution in [-0.4, -0.2) is 75.3 Å². The molecule has 2 heterocycles. The molecule has 0 bridgehead atoms. The predicted molar refractivity (Wildman–Crippen MR) is 215 cm³/mol. The summed E-state index contributed by atoms with van der Waals surface area (Å²) >= 11 is 0. The quantitative estimate of drug-likeness (QED) is 0.0940. The Kier molecular flexibility index (Phi) is 12.9. The monoisotopic (exact) mass is 785 g/mol. The summed E-state index contributed by atoms with van der Waals surface area (Å²) in [5.41, 5.74) is 6.44. The third-order valence-electron chi connectivity index (χ3n) is 10.5. The summed E-state index contributed by atoms with van der Waals surface area (Å²) in [6.45, 7) is 0.850. The predicted octanol–water partition coefficient (Wildman–Crippen LogP) is 6.32. The lowest BCUT2D eigenvalue weighted by atomic mass is 9.97. The minimum absolute atomic E-state index is 0.0355. The smallest absolute Gasteiger partial charge is 0.408 e. The van der Waals surface area contributed by atoms with E-state index >= 15 is 0 Å². The first-order valence-corrected chi connectivity index (χ1v) is 19.3. The van der Waals surface area contributed by atoms with Gasteiger partial charge in [0.15, 0.2) is 6.29 Å². The van der Waals surface area contributed by atoms with E-state index in [-0.39, 0.29) is 50.0 Å². The minimum atomic E-state index is -1.01. The van der Waals surface area contributed by atoms with E-state index in [0.29, 0.717) is 25.1 Å². The molecule has 0 aliphatic carbocycles. The average molecular weight is 786 g/mol. The maximum atomic E-state index is 13.4. The zero-order valence-corrected chi connectivity index (χ0v) is 32.1. The maximum Gasteiger partial charge on any atom is 0.408 e. The van der Waals surface area contributed by atoms with E-state index in [9.17, 15) is 29.7 Å². The fraction of sp³-hybridized carbons (Fsp3) is 0.283. The van der Waals surface area contributed by atoms with Gasteiger partial charge in [-0.1, -0.05) is 115 Å². The number of imide groups is 1. The lowest BCUT2D eigenvalue weighted by Gasteiger charge is -2.38. The van der Waals surface area contributed by atoms with Crippen molar-refractivity contribution in [2.75, 3.05) is 20.1 Å². The number of aliphatic hydroxyl groups excluding tert-OH is 2. The van der Waals surface area contributed by atoms with Crippen LogP contribution in [0.3, 0.4) is 0 Å². The van der Waals surface area contributed by atoms with Gasteiger partial charge in [0.05, 0.1) is 37.9 Å². The van der Waals surface area contributed by atoms with Gasteiger partial charge in [0.2, 0.25) is 5.91 Å². The number of nitrogens with one attached hydrogen (secondary N) is 1. The normalized spacial score (nSPS) is 20.0. The molecular formula is C46H47N3O9. The summed E-state index contributed by atoms with van der Waals surface area (Å²) in [6.07, 6.45) is -2.44. The first kappa shape index (κ1) is 40.3. The Morgan fingerprint density at radius 1 is 0.879 bits per heavy atom. The summed E-state index contributed by atoms with van der Waals surface area (Å²) in [4.78, 5) is 42.1. The van der Waals surface area contributed by atoms with E-state index in [1.807, 2.05) is 115 Å². The van der Waals surface area contributed by atoms with E-state index in [1.54, 1.807) is 24.3 Å². The first-order chi connectivity index (χ1) is 28.1. The third-order valence-corrected chi connectivity index (χ3v) is 10.5. The minimum Gasteiger partial charge on any atom is -0.508 e. The number of hydrogen-bond donors (Lipinski definition) is 4. The molecule has 12 heteroatoms. The number of hydrogen-bond acceptors (Lipinski definition) is 10. The highest BCUT2D eigenvalue weighted by molar-refractivity contribution is 6.06. The largest absolute Gasteiger partial charge is 0.508 e. The number of phenolic OH excluding ortho intramolecular Hbond substituents is 1. The number of aromatic hydroxyl groups is 1. The van der Waals surface area contributed by atoms with Crippen LogP contribution in [0.2, 0.25) is 0 Å². The summed E-state index contributed by atoms with van der Waals surface area (Å²) in [5.74, 6) is -0.782. The second kappa shape index (κ2) is 18.6. The van der Waals surface area contributed by atoms with E-state index in [4.69, 9.17) is 14.2 Å². The number of rotatable bonds is 14. The number of likely N-dealkylation sites (N-methyl/N-ethyl adjacent to an activating group) is 1. The molecule has 7 rings (SSSR count). The highest BCUT2D eigenvalue weighted by Gasteiger charge is 2.40. The van der Waals surface area contributed by atoms with Crippen LogP contribution in [0.1, 0.15) is 64.7 Å². The molecule has 58 heavy (non-hydrogen) atoms. The van der Waals surface area contributed by atoms with Crippen LogP contribution in [0.5, 0.6) is 5.75 Å².